The molecule has 2 aromatic rings. The van der Waals surface area contributed by atoms with Gasteiger partial charge in [0.25, 0.3) is 5.56 Å². The number of carbonyl (C=O) groups excluding carboxylic acids is 2. The standard InChI is InChI=1S/C21H29N3O4S/c1-2-3-4-5-6-7-13-29-14-12-19(26)22-16-8-10-17(11-9-16)24-21(28)18(15-25)20(27)23-24/h8-11,15,28H,2-7,12-14H2,1H3,(H,22,26)(H,23,27). The van der Waals surface area contributed by atoms with E-state index in [1.54, 1.807) is 24.3 Å². The van der Waals surface area contributed by atoms with Gasteiger partial charge in [-0.3, -0.25) is 19.5 Å². The molecule has 0 saturated heterocycles. The molecular weight excluding hydrogens is 390 g/mol. The zero-order valence-corrected chi connectivity index (χ0v) is 17.6. The van der Waals surface area contributed by atoms with Crippen molar-refractivity contribution in [2.24, 2.45) is 0 Å². The number of thioether (sulfide) groups is 1. The SMILES string of the molecule is CCCCCCCCSCCC(=O)Nc1ccc(-n2[nH]c(=O)c(C=O)c2O)cc1. The highest BCUT2D eigenvalue weighted by Gasteiger charge is 2.14. The highest BCUT2D eigenvalue weighted by atomic mass is 32.2. The van der Waals surface area contributed by atoms with Gasteiger partial charge in [0.2, 0.25) is 11.8 Å². The minimum atomic E-state index is -0.659. The van der Waals surface area contributed by atoms with Gasteiger partial charge in [-0.15, -0.1) is 0 Å². The Morgan fingerprint density at radius 1 is 1.14 bits per heavy atom. The molecule has 2 rings (SSSR count). The first-order chi connectivity index (χ1) is 14.1. The van der Waals surface area contributed by atoms with E-state index in [4.69, 9.17) is 0 Å². The first-order valence-electron chi connectivity index (χ1n) is 10.0. The Morgan fingerprint density at radius 3 is 2.48 bits per heavy atom. The Hall–Kier alpha value is -2.48. The van der Waals surface area contributed by atoms with Gasteiger partial charge in [0, 0.05) is 17.9 Å². The van der Waals surface area contributed by atoms with Gasteiger partial charge >= 0.3 is 0 Å². The van der Waals surface area contributed by atoms with Crippen molar-refractivity contribution in [3.63, 3.8) is 0 Å². The number of hydrogen-bond donors (Lipinski definition) is 3. The van der Waals surface area contributed by atoms with Gasteiger partial charge in [-0.05, 0) is 36.4 Å². The van der Waals surface area contributed by atoms with Crippen molar-refractivity contribution >= 4 is 29.6 Å². The second-order valence-electron chi connectivity index (χ2n) is 6.86. The minimum absolute atomic E-state index is 0.0475. The first kappa shape index (κ1) is 22.8. The lowest BCUT2D eigenvalue weighted by Crippen LogP contribution is -2.12. The summed E-state index contributed by atoms with van der Waals surface area (Å²) in [5, 5.41) is 15.1. The molecule has 7 nitrogen and oxygen atoms in total. The molecule has 0 unspecified atom stereocenters. The topological polar surface area (TPSA) is 104 Å². The van der Waals surface area contributed by atoms with Gasteiger partial charge < -0.3 is 10.4 Å². The average Bonchev–Trinajstić information content (AvgIpc) is 3.00. The van der Waals surface area contributed by atoms with Crippen LogP contribution < -0.4 is 10.9 Å². The highest BCUT2D eigenvalue weighted by Crippen LogP contribution is 2.19. The van der Waals surface area contributed by atoms with Crippen molar-refractivity contribution < 1.29 is 14.7 Å². The minimum Gasteiger partial charge on any atom is -0.493 e. The van der Waals surface area contributed by atoms with E-state index in [1.165, 1.54) is 38.5 Å². The van der Waals surface area contributed by atoms with E-state index >= 15 is 0 Å². The lowest BCUT2D eigenvalue weighted by Gasteiger charge is -2.08. The van der Waals surface area contributed by atoms with Gasteiger partial charge in [0.05, 0.1) is 5.69 Å². The molecule has 3 N–H and O–H groups in total. The molecule has 0 atom stereocenters. The van der Waals surface area contributed by atoms with Crippen molar-refractivity contribution in [3.05, 3.63) is 40.2 Å². The number of benzene rings is 1. The molecule has 0 bridgehead atoms. The van der Waals surface area contributed by atoms with Gasteiger partial charge in [-0.1, -0.05) is 39.0 Å². The van der Waals surface area contributed by atoms with Crippen LogP contribution in [0, 0.1) is 0 Å². The van der Waals surface area contributed by atoms with E-state index < -0.39 is 11.4 Å². The fourth-order valence-corrected chi connectivity index (χ4v) is 3.84. The summed E-state index contributed by atoms with van der Waals surface area (Å²) >= 11 is 1.81. The normalized spacial score (nSPS) is 10.8. The molecule has 0 radical (unpaired) electrons. The van der Waals surface area contributed by atoms with E-state index in [9.17, 15) is 19.5 Å². The molecule has 1 aromatic heterocycles. The third kappa shape index (κ3) is 7.12. The number of nitrogens with zero attached hydrogens (tertiary/aromatic N) is 1. The number of aromatic amines is 1. The number of hydrogen-bond acceptors (Lipinski definition) is 5. The fraction of sp³-hybridized carbons (Fsp3) is 0.476. The number of nitrogens with one attached hydrogen (secondary N) is 2. The largest absolute Gasteiger partial charge is 0.493 e. The predicted molar refractivity (Wildman–Crippen MR) is 117 cm³/mol. The number of unbranched alkanes of at least 4 members (excludes halogenated alkanes) is 5. The van der Waals surface area contributed by atoms with Crippen molar-refractivity contribution in [1.29, 1.82) is 0 Å². The van der Waals surface area contributed by atoms with Gasteiger partial charge in [-0.2, -0.15) is 11.8 Å². The monoisotopic (exact) mass is 419 g/mol. The summed E-state index contributed by atoms with van der Waals surface area (Å²) < 4.78 is 1.12. The molecule has 29 heavy (non-hydrogen) atoms. The zero-order valence-electron chi connectivity index (χ0n) is 16.8. The van der Waals surface area contributed by atoms with E-state index in [1.807, 2.05) is 11.8 Å². The zero-order chi connectivity index (χ0) is 21.1. The van der Waals surface area contributed by atoms with Crippen LogP contribution in [-0.4, -0.2) is 38.6 Å². The summed E-state index contributed by atoms with van der Waals surface area (Å²) in [6.07, 6.45) is 8.44. The van der Waals surface area contributed by atoms with Crippen molar-refractivity contribution in [3.8, 4) is 11.6 Å². The van der Waals surface area contributed by atoms with Crippen LogP contribution in [-0.2, 0) is 4.79 Å². The molecule has 0 fully saturated rings. The average molecular weight is 420 g/mol. The molecule has 0 spiro atoms. The van der Waals surface area contributed by atoms with Crippen LogP contribution in [0.15, 0.2) is 29.1 Å². The Labute approximate surface area is 174 Å². The summed E-state index contributed by atoms with van der Waals surface area (Å²) in [6, 6.07) is 6.62. The summed E-state index contributed by atoms with van der Waals surface area (Å²) in [4.78, 5) is 34.5. The van der Waals surface area contributed by atoms with Gasteiger partial charge in [0.15, 0.2) is 6.29 Å². The maximum absolute atomic E-state index is 12.1. The third-order valence-electron chi connectivity index (χ3n) is 4.55. The Morgan fingerprint density at radius 2 is 1.83 bits per heavy atom. The molecule has 0 aliphatic carbocycles. The van der Waals surface area contributed by atoms with Crippen LogP contribution in [0.5, 0.6) is 5.88 Å². The molecule has 0 saturated carbocycles. The maximum atomic E-state index is 12.1. The summed E-state index contributed by atoms with van der Waals surface area (Å²) in [7, 11) is 0. The van der Waals surface area contributed by atoms with Crippen LogP contribution >= 0.6 is 11.8 Å². The number of H-pyrrole nitrogens is 1. The molecule has 1 aromatic carbocycles. The van der Waals surface area contributed by atoms with Gasteiger partial charge in [0.1, 0.15) is 5.56 Å². The highest BCUT2D eigenvalue weighted by molar-refractivity contribution is 7.99. The number of amides is 1. The summed E-state index contributed by atoms with van der Waals surface area (Å²) in [5.41, 5.74) is 0.124. The number of carbonyl (C=O) groups is 2. The number of rotatable bonds is 13. The Kier molecular flexibility index (Phi) is 9.56. The molecule has 1 heterocycles. The van der Waals surface area contributed by atoms with E-state index in [2.05, 4.69) is 17.3 Å². The van der Waals surface area contributed by atoms with Crippen LogP contribution in [0.1, 0.15) is 62.2 Å². The van der Waals surface area contributed by atoms with Crippen LogP contribution in [0.2, 0.25) is 0 Å². The number of anilines is 1. The molecule has 0 aliphatic rings. The van der Waals surface area contributed by atoms with Crippen molar-refractivity contribution in [1.82, 2.24) is 9.78 Å². The van der Waals surface area contributed by atoms with Crippen LogP contribution in [0.25, 0.3) is 5.69 Å². The van der Waals surface area contributed by atoms with Crippen LogP contribution in [0.4, 0.5) is 5.69 Å². The van der Waals surface area contributed by atoms with Gasteiger partial charge in [-0.25, -0.2) is 4.68 Å². The first-order valence-corrected chi connectivity index (χ1v) is 11.2. The third-order valence-corrected chi connectivity index (χ3v) is 5.62. The van der Waals surface area contributed by atoms with Crippen molar-refractivity contribution in [2.45, 2.75) is 51.9 Å². The molecular formula is C21H29N3O4S. The van der Waals surface area contributed by atoms with Crippen LogP contribution in [0.3, 0.4) is 0 Å². The second-order valence-corrected chi connectivity index (χ2v) is 8.08. The Bertz CT molecular complexity index is 843. The lowest BCUT2D eigenvalue weighted by molar-refractivity contribution is -0.115. The predicted octanol–water partition coefficient (Wildman–Crippen LogP) is 4.11. The quantitative estimate of drug-likeness (QED) is 0.335. The maximum Gasteiger partial charge on any atom is 0.279 e. The summed E-state index contributed by atoms with van der Waals surface area (Å²) in [5.74, 6) is 1.40. The Balaban J connectivity index is 1.72. The number of aromatic nitrogens is 2. The van der Waals surface area contributed by atoms with E-state index in [-0.39, 0.29) is 11.5 Å². The van der Waals surface area contributed by atoms with E-state index in [0.29, 0.717) is 24.1 Å². The molecule has 158 valence electrons. The smallest absolute Gasteiger partial charge is 0.279 e. The fourth-order valence-electron chi connectivity index (χ4n) is 2.90. The lowest BCUT2D eigenvalue weighted by atomic mass is 10.1. The molecule has 8 heteroatoms. The van der Waals surface area contributed by atoms with E-state index in [0.717, 1.165) is 16.2 Å². The molecule has 1 amide bonds. The summed E-state index contributed by atoms with van der Waals surface area (Å²) in [6.45, 7) is 2.22. The number of aromatic hydroxyl groups is 1. The number of aldehydes is 1. The second kappa shape index (κ2) is 12.2. The van der Waals surface area contributed by atoms with Crippen molar-refractivity contribution in [2.75, 3.05) is 16.8 Å². The molecule has 0 aliphatic heterocycles.